The summed E-state index contributed by atoms with van der Waals surface area (Å²) in [7, 11) is 0. The Hall–Kier alpha value is -0.970. The van der Waals surface area contributed by atoms with Crippen LogP contribution in [0.1, 0.15) is 18.3 Å². The van der Waals surface area contributed by atoms with Gasteiger partial charge in [0.1, 0.15) is 0 Å². The molecule has 0 amide bonds. The maximum absolute atomic E-state index is 10.4. The Morgan fingerprint density at radius 1 is 1.57 bits per heavy atom. The fourth-order valence-electron chi connectivity index (χ4n) is 1.23. The smallest absolute Gasteiger partial charge is 0.313 e. The summed E-state index contributed by atoms with van der Waals surface area (Å²) in [5.74, 6) is -0.744. The second-order valence-corrected chi connectivity index (χ2v) is 3.93. The number of carbonyl (C=O) groups is 1. The van der Waals surface area contributed by atoms with E-state index in [1.165, 1.54) is 11.8 Å². The minimum atomic E-state index is -0.809. The van der Waals surface area contributed by atoms with Gasteiger partial charge in [-0.3, -0.25) is 4.79 Å². The van der Waals surface area contributed by atoms with Gasteiger partial charge < -0.3 is 9.67 Å². The molecule has 0 aliphatic heterocycles. The molecule has 1 N–H and O–H groups in total. The van der Waals surface area contributed by atoms with Crippen molar-refractivity contribution >= 4 is 17.7 Å². The van der Waals surface area contributed by atoms with Crippen molar-refractivity contribution in [2.75, 3.05) is 5.75 Å². The maximum Gasteiger partial charge on any atom is 0.313 e. The van der Waals surface area contributed by atoms with Crippen LogP contribution in [0.25, 0.3) is 0 Å². The van der Waals surface area contributed by atoms with Crippen LogP contribution in [0.15, 0.2) is 5.16 Å². The summed E-state index contributed by atoms with van der Waals surface area (Å²) < 4.78 is 2.03. The molecular weight excluding hydrogens is 200 g/mol. The number of imidazole rings is 1. The fraction of sp³-hybridized carbons (Fsp3) is 0.556. The van der Waals surface area contributed by atoms with Crippen molar-refractivity contribution in [1.82, 2.24) is 9.55 Å². The SMILES string of the molecule is CCn1c(SCC(=O)O)nc(C)c1C. The minimum absolute atomic E-state index is 0.0654. The van der Waals surface area contributed by atoms with E-state index in [-0.39, 0.29) is 5.75 Å². The van der Waals surface area contributed by atoms with Crippen molar-refractivity contribution in [2.24, 2.45) is 0 Å². The predicted molar refractivity (Wildman–Crippen MR) is 55.7 cm³/mol. The minimum Gasteiger partial charge on any atom is -0.481 e. The topological polar surface area (TPSA) is 55.1 Å². The van der Waals surface area contributed by atoms with Crippen molar-refractivity contribution in [2.45, 2.75) is 32.5 Å². The third kappa shape index (κ3) is 2.29. The first-order valence-electron chi connectivity index (χ1n) is 4.44. The Bertz CT molecular complexity index is 347. The van der Waals surface area contributed by atoms with Crippen molar-refractivity contribution < 1.29 is 9.90 Å². The zero-order valence-electron chi connectivity index (χ0n) is 8.57. The van der Waals surface area contributed by atoms with Crippen LogP contribution in [0.3, 0.4) is 0 Å². The second-order valence-electron chi connectivity index (χ2n) is 2.99. The van der Waals surface area contributed by atoms with Gasteiger partial charge in [0, 0.05) is 12.2 Å². The fourth-order valence-corrected chi connectivity index (χ4v) is 2.11. The lowest BCUT2D eigenvalue weighted by Crippen LogP contribution is -2.03. The lowest BCUT2D eigenvalue weighted by Gasteiger charge is -2.04. The van der Waals surface area contributed by atoms with Crippen LogP contribution in [0.5, 0.6) is 0 Å². The molecule has 1 heterocycles. The lowest BCUT2D eigenvalue weighted by molar-refractivity contribution is -0.133. The van der Waals surface area contributed by atoms with Gasteiger partial charge in [0.25, 0.3) is 0 Å². The first-order chi connectivity index (χ1) is 6.56. The lowest BCUT2D eigenvalue weighted by atomic mass is 10.4. The van der Waals surface area contributed by atoms with Gasteiger partial charge in [0.15, 0.2) is 5.16 Å². The number of carboxylic acids is 1. The van der Waals surface area contributed by atoms with E-state index in [0.717, 1.165) is 23.1 Å². The van der Waals surface area contributed by atoms with Crippen LogP contribution in [0.4, 0.5) is 0 Å². The summed E-state index contributed by atoms with van der Waals surface area (Å²) >= 11 is 1.27. The van der Waals surface area contributed by atoms with Gasteiger partial charge in [0.2, 0.25) is 0 Å². The average molecular weight is 214 g/mol. The molecule has 0 fully saturated rings. The molecule has 0 aromatic carbocycles. The zero-order chi connectivity index (χ0) is 10.7. The second kappa shape index (κ2) is 4.50. The molecule has 5 heteroatoms. The molecule has 0 radical (unpaired) electrons. The number of hydrogen-bond acceptors (Lipinski definition) is 3. The number of aliphatic carboxylic acids is 1. The van der Waals surface area contributed by atoms with E-state index in [1.54, 1.807) is 0 Å². The molecule has 0 unspecified atom stereocenters. The summed E-state index contributed by atoms with van der Waals surface area (Å²) in [6, 6.07) is 0. The largest absolute Gasteiger partial charge is 0.481 e. The Labute approximate surface area is 87.3 Å². The van der Waals surface area contributed by atoms with Gasteiger partial charge in [-0.1, -0.05) is 11.8 Å². The van der Waals surface area contributed by atoms with E-state index in [0.29, 0.717) is 0 Å². The third-order valence-corrected chi connectivity index (χ3v) is 3.02. The maximum atomic E-state index is 10.4. The van der Waals surface area contributed by atoms with Gasteiger partial charge >= 0.3 is 5.97 Å². The Balaban J connectivity index is 2.85. The number of nitrogens with zero attached hydrogens (tertiary/aromatic N) is 2. The van der Waals surface area contributed by atoms with Crippen molar-refractivity contribution in [3.8, 4) is 0 Å². The standard InChI is InChI=1S/C9H14N2O2S/c1-4-11-7(3)6(2)10-9(11)14-5-8(12)13/h4-5H2,1-3H3,(H,12,13). The van der Waals surface area contributed by atoms with Gasteiger partial charge in [-0.15, -0.1) is 0 Å². The molecule has 0 spiro atoms. The van der Waals surface area contributed by atoms with Gasteiger partial charge in [-0.25, -0.2) is 4.98 Å². The summed E-state index contributed by atoms with van der Waals surface area (Å²) in [5, 5.41) is 9.35. The van der Waals surface area contributed by atoms with E-state index in [4.69, 9.17) is 5.11 Å². The van der Waals surface area contributed by atoms with Crippen molar-refractivity contribution in [3.05, 3.63) is 11.4 Å². The molecule has 0 saturated heterocycles. The molecule has 78 valence electrons. The first-order valence-corrected chi connectivity index (χ1v) is 5.43. The monoisotopic (exact) mass is 214 g/mol. The van der Waals surface area contributed by atoms with E-state index in [2.05, 4.69) is 4.98 Å². The molecule has 4 nitrogen and oxygen atoms in total. The van der Waals surface area contributed by atoms with Gasteiger partial charge in [0.05, 0.1) is 11.4 Å². The van der Waals surface area contributed by atoms with Crippen LogP contribution in [0, 0.1) is 13.8 Å². The van der Waals surface area contributed by atoms with Crippen molar-refractivity contribution in [3.63, 3.8) is 0 Å². The summed E-state index contributed by atoms with van der Waals surface area (Å²) in [6.07, 6.45) is 0. The molecule has 0 saturated carbocycles. The number of thioether (sulfide) groups is 1. The summed E-state index contributed by atoms with van der Waals surface area (Å²) in [6.45, 7) is 6.79. The molecule has 0 aliphatic rings. The molecular formula is C9H14N2O2S. The molecule has 1 aromatic rings. The number of carboxylic acid groups (broad SMARTS) is 1. The molecule has 1 rings (SSSR count). The Morgan fingerprint density at radius 2 is 2.21 bits per heavy atom. The highest BCUT2D eigenvalue weighted by molar-refractivity contribution is 7.99. The molecule has 14 heavy (non-hydrogen) atoms. The molecule has 0 atom stereocenters. The number of hydrogen-bond donors (Lipinski definition) is 1. The first kappa shape index (κ1) is 11.1. The number of aryl methyl sites for hydroxylation is 1. The van der Waals surface area contributed by atoms with Crippen LogP contribution >= 0.6 is 11.8 Å². The van der Waals surface area contributed by atoms with E-state index in [9.17, 15) is 4.79 Å². The highest BCUT2D eigenvalue weighted by Crippen LogP contribution is 2.20. The number of rotatable bonds is 4. The highest BCUT2D eigenvalue weighted by Gasteiger charge is 2.11. The normalized spacial score (nSPS) is 10.5. The predicted octanol–water partition coefficient (Wildman–Crippen LogP) is 1.70. The van der Waals surface area contributed by atoms with Crippen molar-refractivity contribution in [1.29, 1.82) is 0 Å². The van der Waals surface area contributed by atoms with Crippen LogP contribution in [-0.4, -0.2) is 26.4 Å². The van der Waals surface area contributed by atoms with Crippen LogP contribution in [0.2, 0.25) is 0 Å². The zero-order valence-corrected chi connectivity index (χ0v) is 9.39. The van der Waals surface area contributed by atoms with Crippen LogP contribution < -0.4 is 0 Å². The third-order valence-electron chi connectivity index (χ3n) is 2.06. The Kier molecular flexibility index (Phi) is 3.57. The quantitative estimate of drug-likeness (QED) is 0.775. The summed E-state index contributed by atoms with van der Waals surface area (Å²) in [5.41, 5.74) is 2.08. The molecule has 0 aliphatic carbocycles. The van der Waals surface area contributed by atoms with Gasteiger partial charge in [-0.05, 0) is 20.8 Å². The average Bonchev–Trinajstić information content (AvgIpc) is 2.39. The number of aromatic nitrogens is 2. The Morgan fingerprint density at radius 3 is 2.71 bits per heavy atom. The highest BCUT2D eigenvalue weighted by atomic mass is 32.2. The van der Waals surface area contributed by atoms with E-state index in [1.807, 2.05) is 25.3 Å². The van der Waals surface area contributed by atoms with Crippen LogP contribution in [-0.2, 0) is 11.3 Å². The van der Waals surface area contributed by atoms with E-state index < -0.39 is 5.97 Å². The van der Waals surface area contributed by atoms with Gasteiger partial charge in [-0.2, -0.15) is 0 Å². The van der Waals surface area contributed by atoms with E-state index >= 15 is 0 Å². The molecule has 1 aromatic heterocycles. The molecule has 0 bridgehead atoms. The summed E-state index contributed by atoms with van der Waals surface area (Å²) in [4.78, 5) is 14.7.